The summed E-state index contributed by atoms with van der Waals surface area (Å²) in [6, 6.07) is 6.38. The smallest absolute Gasteiger partial charge is 0.120 e. The number of para-hydroxylation sites is 1. The van der Waals surface area contributed by atoms with Crippen LogP contribution in [0.4, 0.5) is 11.4 Å². The number of carbonyl (C=O) groups excluding carboxylic acids is 1. The van der Waals surface area contributed by atoms with Crippen molar-refractivity contribution in [2.45, 2.75) is 19.3 Å². The van der Waals surface area contributed by atoms with E-state index in [9.17, 15) is 4.79 Å². The first kappa shape index (κ1) is 12.0. The number of aldehydes is 1. The van der Waals surface area contributed by atoms with Gasteiger partial charge in [-0.2, -0.15) is 0 Å². The number of benzene rings is 1. The molecule has 1 aromatic rings. The van der Waals surface area contributed by atoms with Gasteiger partial charge in [0.15, 0.2) is 0 Å². The van der Waals surface area contributed by atoms with Gasteiger partial charge >= 0.3 is 0 Å². The molecular formula is C14H20N2O. The lowest BCUT2D eigenvalue weighted by atomic mass is 9.94. The Hall–Kier alpha value is -1.51. The van der Waals surface area contributed by atoms with E-state index in [0.29, 0.717) is 6.42 Å². The minimum Gasteiger partial charge on any atom is -0.371 e. The van der Waals surface area contributed by atoms with Gasteiger partial charge in [-0.3, -0.25) is 0 Å². The van der Waals surface area contributed by atoms with Crippen LogP contribution in [-0.4, -0.2) is 33.5 Å². The van der Waals surface area contributed by atoms with E-state index in [1.54, 1.807) is 0 Å². The van der Waals surface area contributed by atoms with Gasteiger partial charge in [-0.05, 0) is 17.5 Å². The summed E-state index contributed by atoms with van der Waals surface area (Å²) in [5.74, 6) is 0.288. The van der Waals surface area contributed by atoms with Crippen LogP contribution in [0, 0.1) is 0 Å². The van der Waals surface area contributed by atoms with Crippen molar-refractivity contribution in [3.05, 3.63) is 23.8 Å². The highest BCUT2D eigenvalue weighted by Gasteiger charge is 2.22. The molecule has 1 unspecified atom stereocenters. The number of nitrogens with zero attached hydrogens (tertiary/aromatic N) is 2. The molecule has 0 spiro atoms. The Kier molecular flexibility index (Phi) is 3.36. The van der Waals surface area contributed by atoms with Gasteiger partial charge in [0.05, 0.1) is 11.4 Å². The number of carbonyl (C=O) groups is 1. The van der Waals surface area contributed by atoms with Crippen LogP contribution in [0.15, 0.2) is 18.2 Å². The summed E-state index contributed by atoms with van der Waals surface area (Å²) in [4.78, 5) is 15.3. The quantitative estimate of drug-likeness (QED) is 0.747. The number of hydrogen-bond donors (Lipinski definition) is 0. The maximum atomic E-state index is 10.7. The number of likely N-dealkylation sites (N-methyl/N-ethyl adjacent to an activating group) is 2. The fraction of sp³-hybridized carbons (Fsp3) is 0.500. The van der Waals surface area contributed by atoms with Crippen LogP contribution in [-0.2, 0) is 4.79 Å². The molecule has 1 aromatic carbocycles. The van der Waals surface area contributed by atoms with Gasteiger partial charge < -0.3 is 14.6 Å². The van der Waals surface area contributed by atoms with Gasteiger partial charge in [0, 0.05) is 33.6 Å². The Morgan fingerprint density at radius 2 is 2.00 bits per heavy atom. The van der Waals surface area contributed by atoms with Crippen LogP contribution < -0.4 is 9.80 Å². The molecule has 1 aliphatic rings. The predicted octanol–water partition coefficient (Wildman–Crippen LogP) is 2.27. The minimum absolute atomic E-state index is 0.288. The molecule has 3 nitrogen and oxygen atoms in total. The fourth-order valence-electron chi connectivity index (χ4n) is 2.47. The second-order valence-corrected chi connectivity index (χ2v) is 4.86. The molecule has 1 aliphatic heterocycles. The average molecular weight is 232 g/mol. The predicted molar refractivity (Wildman–Crippen MR) is 72.1 cm³/mol. The number of fused-ring (bicyclic) bond motifs is 1. The molecule has 0 radical (unpaired) electrons. The zero-order chi connectivity index (χ0) is 12.4. The Balaban J connectivity index is 2.47. The molecule has 0 saturated heterocycles. The van der Waals surface area contributed by atoms with Crippen LogP contribution in [0.1, 0.15) is 24.8 Å². The van der Waals surface area contributed by atoms with Crippen LogP contribution >= 0.6 is 0 Å². The van der Waals surface area contributed by atoms with Crippen molar-refractivity contribution in [1.82, 2.24) is 0 Å². The van der Waals surface area contributed by atoms with Gasteiger partial charge in [-0.1, -0.05) is 19.1 Å². The lowest BCUT2D eigenvalue weighted by Gasteiger charge is -2.37. The molecule has 0 aliphatic carbocycles. The summed E-state index contributed by atoms with van der Waals surface area (Å²) >= 11 is 0. The second-order valence-electron chi connectivity index (χ2n) is 4.86. The van der Waals surface area contributed by atoms with E-state index in [1.807, 2.05) is 0 Å². The molecule has 3 heteroatoms. The molecule has 17 heavy (non-hydrogen) atoms. The first-order chi connectivity index (χ1) is 8.15. The molecule has 2 rings (SSSR count). The van der Waals surface area contributed by atoms with E-state index in [0.717, 1.165) is 19.4 Å². The summed E-state index contributed by atoms with van der Waals surface area (Å²) in [5.41, 5.74) is 3.84. The molecule has 0 saturated carbocycles. The van der Waals surface area contributed by atoms with E-state index in [2.05, 4.69) is 49.0 Å². The highest BCUT2D eigenvalue weighted by molar-refractivity contribution is 5.77. The Morgan fingerprint density at radius 1 is 1.29 bits per heavy atom. The Morgan fingerprint density at radius 3 is 2.71 bits per heavy atom. The topological polar surface area (TPSA) is 23.6 Å². The van der Waals surface area contributed by atoms with Crippen molar-refractivity contribution in [3.63, 3.8) is 0 Å². The molecule has 0 aromatic heterocycles. The average Bonchev–Trinajstić information content (AvgIpc) is 2.34. The van der Waals surface area contributed by atoms with Crippen molar-refractivity contribution in [2.24, 2.45) is 0 Å². The molecule has 1 heterocycles. The summed E-state index contributed by atoms with van der Waals surface area (Å²) in [6.45, 7) is 4.20. The Labute approximate surface area is 103 Å². The maximum Gasteiger partial charge on any atom is 0.120 e. The van der Waals surface area contributed by atoms with Crippen molar-refractivity contribution in [3.8, 4) is 0 Å². The largest absolute Gasteiger partial charge is 0.371 e. The zero-order valence-corrected chi connectivity index (χ0v) is 10.8. The van der Waals surface area contributed by atoms with Crippen molar-refractivity contribution in [1.29, 1.82) is 0 Å². The molecule has 0 fully saturated rings. The van der Waals surface area contributed by atoms with Gasteiger partial charge in [-0.25, -0.2) is 0 Å². The Bertz CT molecular complexity index is 417. The van der Waals surface area contributed by atoms with E-state index >= 15 is 0 Å². The van der Waals surface area contributed by atoms with Crippen LogP contribution in [0.2, 0.25) is 0 Å². The van der Waals surface area contributed by atoms with Crippen molar-refractivity contribution in [2.75, 3.05) is 37.0 Å². The van der Waals surface area contributed by atoms with Gasteiger partial charge in [0.25, 0.3) is 0 Å². The third-order valence-corrected chi connectivity index (χ3v) is 3.59. The minimum atomic E-state index is 0.288. The molecule has 92 valence electrons. The van der Waals surface area contributed by atoms with E-state index in [-0.39, 0.29) is 5.92 Å². The molecule has 0 N–H and O–H groups in total. The maximum absolute atomic E-state index is 10.7. The van der Waals surface area contributed by atoms with E-state index in [4.69, 9.17) is 0 Å². The van der Waals surface area contributed by atoms with Crippen molar-refractivity contribution >= 4 is 17.7 Å². The zero-order valence-electron chi connectivity index (χ0n) is 10.8. The fourth-order valence-corrected chi connectivity index (χ4v) is 2.47. The van der Waals surface area contributed by atoms with Crippen LogP contribution in [0.5, 0.6) is 0 Å². The van der Waals surface area contributed by atoms with Crippen LogP contribution in [0.25, 0.3) is 0 Å². The summed E-state index contributed by atoms with van der Waals surface area (Å²) in [6.07, 6.45) is 1.60. The van der Waals surface area contributed by atoms with Crippen LogP contribution in [0.3, 0.4) is 0 Å². The normalized spacial score (nSPS) is 16.6. The lowest BCUT2D eigenvalue weighted by Crippen LogP contribution is -2.37. The van der Waals surface area contributed by atoms with E-state index in [1.165, 1.54) is 16.9 Å². The number of hydrogen-bond acceptors (Lipinski definition) is 3. The third-order valence-electron chi connectivity index (χ3n) is 3.59. The summed E-state index contributed by atoms with van der Waals surface area (Å²) in [5, 5.41) is 0. The summed E-state index contributed by atoms with van der Waals surface area (Å²) < 4.78 is 0. The highest BCUT2D eigenvalue weighted by Crippen LogP contribution is 2.38. The standard InChI is InChI=1S/C14H20N2O/c1-11(7-10-17)12-5-4-6-13-14(12)16(3)9-8-15(13)2/h4-6,10-11H,7-9H2,1-3H3. The first-order valence-electron chi connectivity index (χ1n) is 6.14. The second kappa shape index (κ2) is 4.78. The molecule has 0 amide bonds. The molecule has 1 atom stereocenters. The summed E-state index contributed by atoms with van der Waals surface area (Å²) in [7, 11) is 4.25. The monoisotopic (exact) mass is 232 g/mol. The van der Waals surface area contributed by atoms with Gasteiger partial charge in [-0.15, -0.1) is 0 Å². The van der Waals surface area contributed by atoms with Gasteiger partial charge in [0.2, 0.25) is 0 Å². The number of rotatable bonds is 3. The van der Waals surface area contributed by atoms with Gasteiger partial charge in [0.1, 0.15) is 6.29 Å². The SMILES string of the molecule is CC(CC=O)c1cccc2c1N(C)CCN2C. The van der Waals surface area contributed by atoms with E-state index < -0.39 is 0 Å². The third kappa shape index (κ3) is 2.14. The first-order valence-corrected chi connectivity index (χ1v) is 6.14. The molecular weight excluding hydrogens is 212 g/mol. The lowest BCUT2D eigenvalue weighted by molar-refractivity contribution is -0.108. The molecule has 0 bridgehead atoms. The highest BCUT2D eigenvalue weighted by atomic mass is 16.1. The van der Waals surface area contributed by atoms with Crippen molar-refractivity contribution < 1.29 is 4.79 Å². The number of anilines is 2.